The first-order valence-electron chi connectivity index (χ1n) is 8.51. The summed E-state index contributed by atoms with van der Waals surface area (Å²) in [5.74, 6) is -0.00480. The molecule has 0 unspecified atom stereocenters. The number of likely N-dealkylation sites (tertiary alicyclic amines) is 1. The lowest BCUT2D eigenvalue weighted by atomic mass is 10.0. The average molecular weight is 339 g/mol. The summed E-state index contributed by atoms with van der Waals surface area (Å²) in [6.45, 7) is 7.15. The van der Waals surface area contributed by atoms with Crippen molar-refractivity contribution >= 4 is 11.6 Å². The van der Waals surface area contributed by atoms with Gasteiger partial charge in [-0.25, -0.2) is 19.2 Å². The summed E-state index contributed by atoms with van der Waals surface area (Å²) in [6.07, 6.45) is 5.19. The van der Waals surface area contributed by atoms with Crippen molar-refractivity contribution < 1.29 is 4.79 Å². The Morgan fingerprint density at radius 2 is 2.12 bits per heavy atom. The highest BCUT2D eigenvalue weighted by Crippen LogP contribution is 2.24. The molecule has 0 aromatic carbocycles. The smallest absolute Gasteiger partial charge is 0.259 e. The summed E-state index contributed by atoms with van der Waals surface area (Å²) < 4.78 is 3.60. The van der Waals surface area contributed by atoms with Crippen molar-refractivity contribution in [3.8, 4) is 0 Å². The number of rotatable bonds is 2. The van der Waals surface area contributed by atoms with Crippen LogP contribution in [0.15, 0.2) is 18.7 Å². The quantitative estimate of drug-likeness (QED) is 0.710. The maximum atomic E-state index is 13.2. The molecule has 1 fully saturated rings. The summed E-state index contributed by atoms with van der Waals surface area (Å²) >= 11 is 0. The van der Waals surface area contributed by atoms with Crippen LogP contribution in [-0.2, 0) is 0 Å². The van der Waals surface area contributed by atoms with E-state index in [9.17, 15) is 4.79 Å². The predicted octanol–water partition coefficient (Wildman–Crippen LogP) is 1.72. The number of aromatic nitrogens is 6. The van der Waals surface area contributed by atoms with Gasteiger partial charge in [-0.15, -0.1) is 0 Å². The number of hydrogen-bond acceptors (Lipinski definition) is 5. The average Bonchev–Trinajstić information content (AvgIpc) is 3.22. The molecule has 4 rings (SSSR count). The number of amides is 1. The van der Waals surface area contributed by atoms with Crippen molar-refractivity contribution in [2.75, 3.05) is 13.1 Å². The van der Waals surface area contributed by atoms with Gasteiger partial charge in [-0.05, 0) is 39.7 Å². The zero-order valence-electron chi connectivity index (χ0n) is 14.7. The highest BCUT2D eigenvalue weighted by atomic mass is 16.2. The minimum atomic E-state index is -0.00480. The van der Waals surface area contributed by atoms with Crippen molar-refractivity contribution in [2.45, 2.75) is 39.7 Å². The molecule has 0 N–H and O–H groups in total. The molecule has 0 radical (unpaired) electrons. The third-order valence-electron chi connectivity index (χ3n) is 4.78. The van der Waals surface area contributed by atoms with Crippen LogP contribution in [0, 0.1) is 20.8 Å². The molecule has 1 saturated heterocycles. The van der Waals surface area contributed by atoms with Crippen molar-refractivity contribution in [1.29, 1.82) is 0 Å². The largest absolute Gasteiger partial charge is 0.336 e. The van der Waals surface area contributed by atoms with Gasteiger partial charge in [0.05, 0.1) is 11.7 Å². The van der Waals surface area contributed by atoms with Crippen molar-refractivity contribution in [3.63, 3.8) is 0 Å². The lowest BCUT2D eigenvalue weighted by molar-refractivity contribution is 0.0673. The van der Waals surface area contributed by atoms with Crippen LogP contribution in [0.25, 0.3) is 5.65 Å². The summed E-state index contributed by atoms with van der Waals surface area (Å²) in [4.78, 5) is 23.7. The van der Waals surface area contributed by atoms with Crippen LogP contribution in [-0.4, -0.2) is 53.3 Å². The maximum absolute atomic E-state index is 13.2. The molecular formula is C17H21N7O. The summed E-state index contributed by atoms with van der Waals surface area (Å²) in [7, 11) is 0. The van der Waals surface area contributed by atoms with Crippen LogP contribution >= 0.6 is 0 Å². The number of carbonyl (C=O) groups is 1. The minimum Gasteiger partial charge on any atom is -0.336 e. The fourth-order valence-electron chi connectivity index (χ4n) is 3.60. The number of hydrogen-bond donors (Lipinski definition) is 0. The van der Waals surface area contributed by atoms with Gasteiger partial charge in [-0.2, -0.15) is 10.2 Å². The lowest BCUT2D eigenvalue weighted by Crippen LogP contribution is -2.41. The molecule has 1 amide bonds. The summed E-state index contributed by atoms with van der Waals surface area (Å²) in [5, 5.41) is 8.74. The Bertz CT molecular complexity index is 928. The topological polar surface area (TPSA) is 81.2 Å². The van der Waals surface area contributed by atoms with Gasteiger partial charge in [0, 0.05) is 24.5 Å². The summed E-state index contributed by atoms with van der Waals surface area (Å²) in [5.41, 5.74) is 3.82. The Hall–Kier alpha value is -2.77. The first-order chi connectivity index (χ1) is 12.0. The molecule has 3 aromatic heterocycles. The highest BCUT2D eigenvalue weighted by molar-refractivity contribution is 6.01. The van der Waals surface area contributed by atoms with Crippen molar-refractivity contribution in [1.82, 2.24) is 34.3 Å². The number of nitrogens with zero attached hydrogens (tertiary/aromatic N) is 7. The van der Waals surface area contributed by atoms with E-state index in [0.29, 0.717) is 23.4 Å². The molecule has 3 aromatic rings. The molecule has 0 aliphatic carbocycles. The maximum Gasteiger partial charge on any atom is 0.259 e. The zero-order valence-corrected chi connectivity index (χ0v) is 14.7. The molecule has 4 heterocycles. The SMILES string of the molecule is Cc1cc(C)n2nc(C)c(C(=O)N3CCC[C@H](n4cncn4)C3)c2n1. The second-order valence-corrected chi connectivity index (χ2v) is 6.66. The Kier molecular flexibility index (Phi) is 3.74. The van der Waals surface area contributed by atoms with E-state index in [2.05, 4.69) is 20.2 Å². The molecule has 8 nitrogen and oxygen atoms in total. The number of fused-ring (bicyclic) bond motifs is 1. The van der Waals surface area contributed by atoms with E-state index >= 15 is 0 Å². The normalized spacial score (nSPS) is 18.0. The van der Waals surface area contributed by atoms with Gasteiger partial charge < -0.3 is 4.90 Å². The monoisotopic (exact) mass is 339 g/mol. The van der Waals surface area contributed by atoms with E-state index in [1.807, 2.05) is 36.4 Å². The molecule has 1 aliphatic rings. The third-order valence-corrected chi connectivity index (χ3v) is 4.78. The number of carbonyl (C=O) groups excluding carboxylic acids is 1. The minimum absolute atomic E-state index is 0.00480. The van der Waals surface area contributed by atoms with Gasteiger partial charge in [0.2, 0.25) is 0 Å². The summed E-state index contributed by atoms with van der Waals surface area (Å²) in [6, 6.07) is 2.13. The molecule has 0 bridgehead atoms. The molecule has 130 valence electrons. The second-order valence-electron chi connectivity index (χ2n) is 6.66. The van der Waals surface area contributed by atoms with Crippen LogP contribution < -0.4 is 0 Å². The first kappa shape index (κ1) is 15.7. The second kappa shape index (κ2) is 5.94. The molecule has 0 saturated carbocycles. The van der Waals surface area contributed by atoms with Gasteiger partial charge in [0.25, 0.3) is 5.91 Å². The van der Waals surface area contributed by atoms with E-state index in [4.69, 9.17) is 0 Å². The van der Waals surface area contributed by atoms with Gasteiger partial charge in [-0.3, -0.25) is 4.79 Å². The number of aryl methyl sites for hydroxylation is 3. The van der Waals surface area contributed by atoms with Crippen molar-refractivity contribution in [2.24, 2.45) is 0 Å². The Balaban J connectivity index is 1.69. The molecule has 8 heteroatoms. The van der Waals surface area contributed by atoms with Crippen LogP contribution in [0.5, 0.6) is 0 Å². The Morgan fingerprint density at radius 1 is 1.28 bits per heavy atom. The van der Waals surface area contributed by atoms with E-state index in [0.717, 1.165) is 30.8 Å². The standard InChI is InChI=1S/C17H21N7O/c1-11-7-12(2)24-16(20-11)15(13(3)21-24)17(25)22-6-4-5-14(8-22)23-10-18-9-19-23/h7,9-10,14H,4-6,8H2,1-3H3/t14-/m0/s1. The Morgan fingerprint density at radius 3 is 2.88 bits per heavy atom. The molecule has 1 aliphatic heterocycles. The predicted molar refractivity (Wildman–Crippen MR) is 91.4 cm³/mol. The van der Waals surface area contributed by atoms with Gasteiger partial charge in [0.15, 0.2) is 5.65 Å². The fourth-order valence-corrected chi connectivity index (χ4v) is 3.60. The highest BCUT2D eigenvalue weighted by Gasteiger charge is 2.29. The Labute approximate surface area is 145 Å². The van der Waals surface area contributed by atoms with Crippen LogP contribution in [0.1, 0.15) is 46.3 Å². The molecular weight excluding hydrogens is 318 g/mol. The molecule has 25 heavy (non-hydrogen) atoms. The lowest BCUT2D eigenvalue weighted by Gasteiger charge is -2.32. The molecule has 0 spiro atoms. The van der Waals surface area contributed by atoms with E-state index in [-0.39, 0.29) is 11.9 Å². The van der Waals surface area contributed by atoms with E-state index in [1.54, 1.807) is 10.8 Å². The van der Waals surface area contributed by atoms with Gasteiger partial charge in [0.1, 0.15) is 18.2 Å². The first-order valence-corrected chi connectivity index (χ1v) is 8.51. The number of piperidine rings is 1. The molecule has 1 atom stereocenters. The van der Waals surface area contributed by atoms with Gasteiger partial charge >= 0.3 is 0 Å². The fraction of sp³-hybridized carbons (Fsp3) is 0.471. The van der Waals surface area contributed by atoms with E-state index < -0.39 is 0 Å². The van der Waals surface area contributed by atoms with E-state index in [1.165, 1.54) is 6.33 Å². The third kappa shape index (κ3) is 2.67. The van der Waals surface area contributed by atoms with Crippen LogP contribution in [0.2, 0.25) is 0 Å². The zero-order chi connectivity index (χ0) is 17.6. The van der Waals surface area contributed by atoms with Crippen LogP contribution in [0.3, 0.4) is 0 Å². The van der Waals surface area contributed by atoms with Gasteiger partial charge in [-0.1, -0.05) is 0 Å². The van der Waals surface area contributed by atoms with Crippen molar-refractivity contribution in [3.05, 3.63) is 41.4 Å². The van der Waals surface area contributed by atoms with Crippen LogP contribution in [0.4, 0.5) is 0 Å².